The summed E-state index contributed by atoms with van der Waals surface area (Å²) < 4.78 is 0. The summed E-state index contributed by atoms with van der Waals surface area (Å²) in [4.78, 5) is 34.0. The van der Waals surface area contributed by atoms with E-state index in [-0.39, 0.29) is 54.7 Å². The SMILES string of the molecule is CN.CNCc1ccccc1CCCCCCCCCC(=O)N[C@H](CCC(=O)[O-])C(=O)NO.[Na+]. The maximum absolute atomic E-state index is 12.0. The Morgan fingerprint density at radius 3 is 2.06 bits per heavy atom. The first-order chi connectivity index (χ1) is 16.0. The van der Waals surface area contributed by atoms with E-state index in [9.17, 15) is 19.5 Å². The van der Waals surface area contributed by atoms with E-state index in [4.69, 9.17) is 5.21 Å². The molecule has 0 unspecified atom stereocenters. The molecule has 1 rings (SSSR count). The van der Waals surface area contributed by atoms with Gasteiger partial charge in [-0.05, 0) is 57.3 Å². The molecule has 0 spiro atoms. The van der Waals surface area contributed by atoms with Gasteiger partial charge >= 0.3 is 29.6 Å². The van der Waals surface area contributed by atoms with E-state index in [1.165, 1.54) is 42.9 Å². The van der Waals surface area contributed by atoms with Crippen LogP contribution in [0.1, 0.15) is 75.3 Å². The quantitative estimate of drug-likeness (QED) is 0.0747. The van der Waals surface area contributed by atoms with Crippen molar-refractivity contribution in [3.8, 4) is 0 Å². The van der Waals surface area contributed by atoms with Crippen LogP contribution in [0.5, 0.6) is 0 Å². The number of carboxylic acids is 1. The summed E-state index contributed by atoms with van der Waals surface area (Å²) in [6, 6.07) is 7.46. The van der Waals surface area contributed by atoms with Gasteiger partial charge in [-0.25, -0.2) is 5.48 Å². The van der Waals surface area contributed by atoms with Gasteiger partial charge in [0.2, 0.25) is 5.91 Å². The van der Waals surface area contributed by atoms with Crippen LogP contribution >= 0.6 is 0 Å². The van der Waals surface area contributed by atoms with Gasteiger partial charge in [0, 0.05) is 18.9 Å². The van der Waals surface area contributed by atoms with Crippen molar-refractivity contribution in [3.05, 3.63) is 35.4 Å². The Balaban J connectivity index is 0. The number of hydroxylamine groups is 1. The molecule has 0 aliphatic heterocycles. The van der Waals surface area contributed by atoms with Crippen LogP contribution in [0.4, 0.5) is 0 Å². The Bertz CT molecular complexity index is 691. The second-order valence-electron chi connectivity index (χ2n) is 7.78. The zero-order valence-electron chi connectivity index (χ0n) is 21.0. The smallest absolute Gasteiger partial charge is 0.550 e. The van der Waals surface area contributed by atoms with E-state index < -0.39 is 17.9 Å². The van der Waals surface area contributed by atoms with Gasteiger partial charge in [-0.2, -0.15) is 0 Å². The number of carboxylic acid groups (broad SMARTS) is 1. The summed E-state index contributed by atoms with van der Waals surface area (Å²) >= 11 is 0. The second-order valence-corrected chi connectivity index (χ2v) is 7.78. The number of aliphatic carboxylic acids is 1. The zero-order chi connectivity index (χ0) is 24.9. The van der Waals surface area contributed by atoms with Crippen LogP contribution in [0.25, 0.3) is 0 Å². The Kier molecular flexibility index (Phi) is 23.7. The van der Waals surface area contributed by atoms with Crippen LogP contribution in [0, 0.1) is 0 Å². The molecule has 188 valence electrons. The molecule has 1 aromatic carbocycles. The fourth-order valence-electron chi connectivity index (χ4n) is 3.52. The summed E-state index contributed by atoms with van der Waals surface area (Å²) in [7, 11) is 3.46. The van der Waals surface area contributed by atoms with Crippen molar-refractivity contribution >= 4 is 17.8 Å². The molecule has 34 heavy (non-hydrogen) atoms. The standard InChI is InChI=1S/C23H37N3O5.CH5N.Na/c1-24-17-19-13-10-9-12-18(19)11-7-5-3-2-4-6-8-14-21(27)25-20(23(30)26-31)15-16-22(28)29;1-2;/h9-10,12-13,20,24,31H,2-8,11,14-17H2,1H3,(H,25,27)(H,26,30)(H,28,29);2H2,1H3;/q;;+1/p-1/t20-;;/m1../s1. The van der Waals surface area contributed by atoms with Gasteiger partial charge in [-0.15, -0.1) is 0 Å². The van der Waals surface area contributed by atoms with E-state index in [0.717, 1.165) is 32.2 Å². The molecule has 0 saturated carbocycles. The average molecular weight is 489 g/mol. The maximum atomic E-state index is 12.0. The van der Waals surface area contributed by atoms with Gasteiger partial charge < -0.3 is 26.3 Å². The number of aryl methyl sites for hydroxylation is 1. The Morgan fingerprint density at radius 2 is 1.50 bits per heavy atom. The second kappa shape index (κ2) is 23.3. The summed E-state index contributed by atoms with van der Waals surface area (Å²) in [5.41, 5.74) is 8.72. The average Bonchev–Trinajstić information content (AvgIpc) is 2.82. The summed E-state index contributed by atoms with van der Waals surface area (Å²) in [5.74, 6) is -2.47. The van der Waals surface area contributed by atoms with Gasteiger partial charge in [-0.3, -0.25) is 14.8 Å². The monoisotopic (exact) mass is 488 g/mol. The zero-order valence-corrected chi connectivity index (χ0v) is 23.0. The summed E-state index contributed by atoms with van der Waals surface area (Å²) in [6.45, 7) is 0.895. The third kappa shape index (κ3) is 17.0. The number of benzene rings is 1. The minimum atomic E-state index is -1.31. The number of nitrogens with one attached hydrogen (secondary N) is 3. The van der Waals surface area contributed by atoms with Gasteiger partial charge in [-0.1, -0.05) is 56.4 Å². The van der Waals surface area contributed by atoms with E-state index in [2.05, 4.69) is 40.6 Å². The molecule has 1 aromatic rings. The Morgan fingerprint density at radius 1 is 0.941 bits per heavy atom. The largest absolute Gasteiger partial charge is 1.00 e. The molecular weight excluding hydrogens is 447 g/mol. The van der Waals surface area contributed by atoms with Crippen molar-refractivity contribution in [2.75, 3.05) is 14.1 Å². The first-order valence-electron chi connectivity index (χ1n) is 11.7. The first-order valence-corrected chi connectivity index (χ1v) is 11.7. The first kappa shape index (κ1) is 34.7. The number of amides is 2. The molecule has 0 aliphatic rings. The molecule has 0 aromatic heterocycles. The summed E-state index contributed by atoms with van der Waals surface area (Å²) in [5, 5.41) is 24.9. The van der Waals surface area contributed by atoms with Crippen LogP contribution < -0.4 is 56.5 Å². The molecule has 0 fully saturated rings. The minimum absolute atomic E-state index is 0. The van der Waals surface area contributed by atoms with Crippen LogP contribution in [-0.2, 0) is 27.3 Å². The number of carbonyl (C=O) groups is 3. The van der Waals surface area contributed by atoms with Gasteiger partial charge in [0.05, 0.1) is 0 Å². The topological polar surface area (TPSA) is 157 Å². The predicted molar refractivity (Wildman–Crippen MR) is 126 cm³/mol. The number of nitrogens with two attached hydrogens (primary N) is 1. The number of carbonyl (C=O) groups excluding carboxylic acids is 3. The van der Waals surface area contributed by atoms with Crippen molar-refractivity contribution in [1.29, 1.82) is 0 Å². The van der Waals surface area contributed by atoms with Crippen molar-refractivity contribution in [3.63, 3.8) is 0 Å². The number of hydrogen-bond acceptors (Lipinski definition) is 7. The van der Waals surface area contributed by atoms with Crippen molar-refractivity contribution in [2.24, 2.45) is 5.73 Å². The molecule has 1 atom stereocenters. The molecule has 9 nitrogen and oxygen atoms in total. The molecule has 0 aliphatic carbocycles. The number of hydrogen-bond donors (Lipinski definition) is 5. The van der Waals surface area contributed by atoms with Crippen LogP contribution in [0.15, 0.2) is 24.3 Å². The molecule has 6 N–H and O–H groups in total. The van der Waals surface area contributed by atoms with E-state index in [1.54, 1.807) is 0 Å². The van der Waals surface area contributed by atoms with E-state index >= 15 is 0 Å². The molecule has 0 saturated heterocycles. The van der Waals surface area contributed by atoms with Gasteiger partial charge in [0.25, 0.3) is 5.91 Å². The Labute approximate surface area is 225 Å². The molecule has 0 radical (unpaired) electrons. The fourth-order valence-corrected chi connectivity index (χ4v) is 3.52. The van der Waals surface area contributed by atoms with Crippen LogP contribution in [0.2, 0.25) is 0 Å². The summed E-state index contributed by atoms with van der Waals surface area (Å²) in [6.07, 6.45) is 8.19. The van der Waals surface area contributed by atoms with Crippen molar-refractivity contribution in [1.82, 2.24) is 16.1 Å². The third-order valence-corrected chi connectivity index (χ3v) is 5.23. The Hall–Kier alpha value is -1.49. The number of rotatable bonds is 17. The van der Waals surface area contributed by atoms with Crippen LogP contribution in [0.3, 0.4) is 0 Å². The van der Waals surface area contributed by atoms with E-state index in [1.807, 2.05) is 7.05 Å². The van der Waals surface area contributed by atoms with Gasteiger partial charge in [0.1, 0.15) is 6.04 Å². The normalized spacial score (nSPS) is 10.8. The third-order valence-electron chi connectivity index (χ3n) is 5.23. The minimum Gasteiger partial charge on any atom is -0.550 e. The fraction of sp³-hybridized carbons (Fsp3) is 0.625. The number of unbranched alkanes of at least 4 members (excludes halogenated alkanes) is 6. The maximum Gasteiger partial charge on any atom is 1.00 e. The molecular formula is C24H41N4NaO5. The molecule has 10 heteroatoms. The molecule has 0 heterocycles. The van der Waals surface area contributed by atoms with Gasteiger partial charge in [0.15, 0.2) is 0 Å². The molecule has 2 amide bonds. The van der Waals surface area contributed by atoms with Crippen molar-refractivity contribution in [2.45, 2.75) is 83.2 Å². The van der Waals surface area contributed by atoms with Crippen molar-refractivity contribution < 1.29 is 54.3 Å². The van der Waals surface area contributed by atoms with E-state index in [0.29, 0.717) is 6.42 Å². The van der Waals surface area contributed by atoms with Crippen LogP contribution in [-0.4, -0.2) is 43.1 Å². The molecule has 0 bridgehead atoms. The predicted octanol–water partition coefficient (Wildman–Crippen LogP) is -1.83.